The molecule has 0 saturated carbocycles. The molecule has 0 aliphatic carbocycles. The first-order valence-electron chi connectivity index (χ1n) is 10.9. The summed E-state index contributed by atoms with van der Waals surface area (Å²) < 4.78 is 0. The molecule has 0 bridgehead atoms. The lowest BCUT2D eigenvalue weighted by Crippen LogP contribution is -1.84. The largest absolute Gasteiger partial charge is 0.103 e. The van der Waals surface area contributed by atoms with E-state index in [2.05, 4.69) is 90.9 Å². The fraction of sp³-hybridized carbons (Fsp3) is 0.0625. The first-order valence-corrected chi connectivity index (χ1v) is 11.3. The van der Waals surface area contributed by atoms with E-state index in [1.165, 1.54) is 5.56 Å². The van der Waals surface area contributed by atoms with Crippen LogP contribution < -0.4 is 0 Å². The first kappa shape index (κ1) is 22.2. The first-order chi connectivity index (χ1) is 16.2. The highest BCUT2D eigenvalue weighted by Gasteiger charge is 1.98. The molecule has 0 N–H and O–H groups in total. The monoisotopic (exact) mass is 442 g/mol. The molecule has 0 spiro atoms. The standard InChI is InChI=1S/C32H23Cl/c1-2-3-4-25-5-7-26(8-6-25)9-10-27-13-19-30(20-14-27)31-21-15-28(16-22-31)11-12-29-17-23-32(33)24-18-29/h2,5-8,13-24H,1,3-4H2. The van der Waals surface area contributed by atoms with Crippen LogP contribution in [-0.4, -0.2) is 0 Å². The summed E-state index contributed by atoms with van der Waals surface area (Å²) in [5.41, 5.74) is 7.57. The predicted molar refractivity (Wildman–Crippen MR) is 140 cm³/mol. The summed E-state index contributed by atoms with van der Waals surface area (Å²) in [6, 6.07) is 32.6. The fourth-order valence-corrected chi connectivity index (χ4v) is 3.46. The van der Waals surface area contributed by atoms with Crippen LogP contribution >= 0.6 is 11.6 Å². The highest BCUT2D eigenvalue weighted by atomic mass is 35.5. The topological polar surface area (TPSA) is 0 Å². The summed E-state index contributed by atoms with van der Waals surface area (Å²) in [5.74, 6) is 12.9. The Balaban J connectivity index is 1.41. The maximum Gasteiger partial charge on any atom is 0.0406 e. The Hall–Kier alpha value is -3.97. The van der Waals surface area contributed by atoms with Crippen molar-refractivity contribution in [2.75, 3.05) is 0 Å². The smallest absolute Gasteiger partial charge is 0.0406 e. The molecule has 158 valence electrons. The van der Waals surface area contributed by atoms with Gasteiger partial charge in [0.15, 0.2) is 0 Å². The van der Waals surface area contributed by atoms with Crippen molar-refractivity contribution < 1.29 is 0 Å². The molecule has 0 fully saturated rings. The molecule has 4 aromatic carbocycles. The lowest BCUT2D eigenvalue weighted by Gasteiger charge is -2.02. The van der Waals surface area contributed by atoms with Crippen LogP contribution in [0.2, 0.25) is 5.02 Å². The van der Waals surface area contributed by atoms with E-state index in [1.807, 2.05) is 42.5 Å². The SMILES string of the molecule is C=CCCc1ccc(C#Cc2ccc(-c3ccc(C#Cc4ccc(Cl)cc4)cc3)cc2)cc1. The van der Waals surface area contributed by atoms with Crippen LogP contribution in [0.15, 0.2) is 110 Å². The summed E-state index contributed by atoms with van der Waals surface area (Å²) >= 11 is 5.92. The Bertz CT molecular complexity index is 1330. The minimum atomic E-state index is 0.718. The van der Waals surface area contributed by atoms with Gasteiger partial charge in [0.25, 0.3) is 0 Å². The van der Waals surface area contributed by atoms with Crippen molar-refractivity contribution in [3.8, 4) is 34.8 Å². The van der Waals surface area contributed by atoms with Gasteiger partial charge in [-0.1, -0.05) is 77.8 Å². The van der Waals surface area contributed by atoms with Crippen molar-refractivity contribution in [1.82, 2.24) is 0 Å². The van der Waals surface area contributed by atoms with E-state index in [4.69, 9.17) is 11.6 Å². The Labute approximate surface area is 201 Å². The molecule has 0 amide bonds. The maximum atomic E-state index is 5.92. The molecule has 4 rings (SSSR count). The normalized spacial score (nSPS) is 9.85. The van der Waals surface area contributed by atoms with Crippen LogP contribution in [0.3, 0.4) is 0 Å². The second-order valence-corrected chi connectivity index (χ2v) is 8.12. The molecule has 33 heavy (non-hydrogen) atoms. The van der Waals surface area contributed by atoms with E-state index < -0.39 is 0 Å². The predicted octanol–water partition coefficient (Wildman–Crippen LogP) is 7.93. The molecule has 0 radical (unpaired) electrons. The van der Waals surface area contributed by atoms with E-state index in [0.717, 1.165) is 51.2 Å². The lowest BCUT2D eigenvalue weighted by atomic mass is 10.0. The summed E-state index contributed by atoms with van der Waals surface area (Å²) in [5, 5.41) is 0.718. The number of benzene rings is 4. The third-order valence-electron chi connectivity index (χ3n) is 5.24. The zero-order valence-electron chi connectivity index (χ0n) is 18.3. The molecule has 0 aliphatic rings. The Kier molecular flexibility index (Phi) is 7.45. The van der Waals surface area contributed by atoms with Crippen LogP contribution in [0.4, 0.5) is 0 Å². The van der Waals surface area contributed by atoms with E-state index >= 15 is 0 Å². The second-order valence-electron chi connectivity index (χ2n) is 7.69. The van der Waals surface area contributed by atoms with Crippen molar-refractivity contribution in [2.24, 2.45) is 0 Å². The molecule has 0 unspecified atom stereocenters. The Morgan fingerprint density at radius 1 is 0.545 bits per heavy atom. The van der Waals surface area contributed by atoms with Gasteiger partial charge in [-0.25, -0.2) is 0 Å². The summed E-state index contributed by atoms with van der Waals surface area (Å²) in [7, 11) is 0. The third-order valence-corrected chi connectivity index (χ3v) is 5.49. The van der Waals surface area contributed by atoms with Gasteiger partial charge in [0, 0.05) is 27.3 Å². The van der Waals surface area contributed by atoms with Crippen LogP contribution in [0.5, 0.6) is 0 Å². The molecule has 0 nitrogen and oxygen atoms in total. The van der Waals surface area contributed by atoms with Crippen molar-refractivity contribution in [1.29, 1.82) is 0 Å². The zero-order chi connectivity index (χ0) is 22.9. The van der Waals surface area contributed by atoms with Crippen LogP contribution in [-0.2, 0) is 6.42 Å². The summed E-state index contributed by atoms with van der Waals surface area (Å²) in [6.45, 7) is 3.77. The second kappa shape index (κ2) is 11.1. The lowest BCUT2D eigenvalue weighted by molar-refractivity contribution is 1.00. The minimum absolute atomic E-state index is 0.718. The Morgan fingerprint density at radius 2 is 0.909 bits per heavy atom. The number of hydrogen-bond donors (Lipinski definition) is 0. The fourth-order valence-electron chi connectivity index (χ4n) is 3.34. The number of allylic oxidation sites excluding steroid dienone is 1. The number of hydrogen-bond acceptors (Lipinski definition) is 0. The van der Waals surface area contributed by atoms with Gasteiger partial charge >= 0.3 is 0 Å². The molecule has 0 atom stereocenters. The van der Waals surface area contributed by atoms with Crippen molar-refractivity contribution in [3.05, 3.63) is 143 Å². The summed E-state index contributed by atoms with van der Waals surface area (Å²) in [4.78, 5) is 0. The van der Waals surface area contributed by atoms with Crippen LogP contribution in [0, 0.1) is 23.7 Å². The van der Waals surface area contributed by atoms with E-state index in [1.54, 1.807) is 0 Å². The molecule has 0 aliphatic heterocycles. The zero-order valence-corrected chi connectivity index (χ0v) is 19.1. The molecule has 4 aromatic rings. The maximum absolute atomic E-state index is 5.92. The van der Waals surface area contributed by atoms with Gasteiger partial charge in [-0.2, -0.15) is 0 Å². The summed E-state index contributed by atoms with van der Waals surface area (Å²) in [6.07, 6.45) is 3.97. The van der Waals surface area contributed by atoms with E-state index in [-0.39, 0.29) is 0 Å². The molecule has 1 heteroatoms. The van der Waals surface area contributed by atoms with Crippen LogP contribution in [0.1, 0.15) is 34.2 Å². The van der Waals surface area contributed by atoms with Gasteiger partial charge in [-0.15, -0.1) is 6.58 Å². The van der Waals surface area contributed by atoms with Crippen molar-refractivity contribution in [3.63, 3.8) is 0 Å². The molecular weight excluding hydrogens is 420 g/mol. The molecular formula is C32H23Cl. The van der Waals surface area contributed by atoms with Crippen LogP contribution in [0.25, 0.3) is 11.1 Å². The molecule has 0 heterocycles. The van der Waals surface area contributed by atoms with E-state index in [9.17, 15) is 0 Å². The third kappa shape index (κ3) is 6.51. The highest BCUT2D eigenvalue weighted by molar-refractivity contribution is 6.30. The molecule has 0 aromatic heterocycles. The average Bonchev–Trinajstić information content (AvgIpc) is 2.87. The Morgan fingerprint density at radius 3 is 1.30 bits per heavy atom. The molecule has 0 saturated heterocycles. The minimum Gasteiger partial charge on any atom is -0.103 e. The number of rotatable bonds is 4. The van der Waals surface area contributed by atoms with Crippen molar-refractivity contribution >= 4 is 11.6 Å². The van der Waals surface area contributed by atoms with Gasteiger partial charge in [0.05, 0.1) is 0 Å². The quantitative estimate of drug-likeness (QED) is 0.222. The average molecular weight is 443 g/mol. The van der Waals surface area contributed by atoms with Crippen molar-refractivity contribution in [2.45, 2.75) is 12.8 Å². The van der Waals surface area contributed by atoms with Gasteiger partial charge in [-0.3, -0.25) is 0 Å². The number of aryl methyl sites for hydroxylation is 1. The highest BCUT2D eigenvalue weighted by Crippen LogP contribution is 2.20. The number of halogens is 1. The van der Waals surface area contributed by atoms with Gasteiger partial charge in [0.1, 0.15) is 0 Å². The van der Waals surface area contributed by atoms with Gasteiger partial charge in [0.2, 0.25) is 0 Å². The van der Waals surface area contributed by atoms with E-state index in [0.29, 0.717) is 0 Å². The van der Waals surface area contributed by atoms with Gasteiger partial charge in [-0.05, 0) is 90.2 Å². The van der Waals surface area contributed by atoms with Gasteiger partial charge < -0.3 is 0 Å².